The van der Waals surface area contributed by atoms with Crippen molar-refractivity contribution in [3.05, 3.63) is 63.2 Å². The number of benzene rings is 2. The fourth-order valence-corrected chi connectivity index (χ4v) is 2.21. The van der Waals surface area contributed by atoms with Gasteiger partial charge >= 0.3 is 6.61 Å². The molecule has 2 aromatic rings. The number of nitrogens with one attached hydrogen (secondary N) is 1. The molecule has 0 fully saturated rings. The third kappa shape index (κ3) is 4.63. The first kappa shape index (κ1) is 17.6. The number of nitro benzene ring substituents is 1. The first-order valence-electron chi connectivity index (χ1n) is 6.63. The molecule has 0 aromatic heterocycles. The maximum absolute atomic E-state index is 12.2. The molecule has 0 aliphatic heterocycles. The average molecular weight is 357 g/mol. The van der Waals surface area contributed by atoms with Crippen molar-refractivity contribution < 1.29 is 23.2 Å². The molecule has 9 heteroatoms. The van der Waals surface area contributed by atoms with Crippen molar-refractivity contribution >= 4 is 28.9 Å². The summed E-state index contributed by atoms with van der Waals surface area (Å²) in [5, 5.41) is 13.3. The molecule has 0 aliphatic carbocycles. The standard InChI is InChI=1S/C15H11ClF2N2O4/c16-11-8-10(5-6-13(11)24-15(17)18)19-14(21)7-9-3-1-2-4-12(9)20(22)23/h1-6,8,15H,7H2,(H,19,21). The van der Waals surface area contributed by atoms with E-state index < -0.39 is 17.4 Å². The fraction of sp³-hybridized carbons (Fsp3) is 0.133. The van der Waals surface area contributed by atoms with Crippen LogP contribution in [0.1, 0.15) is 5.56 Å². The summed E-state index contributed by atoms with van der Waals surface area (Å²) < 4.78 is 28.5. The van der Waals surface area contributed by atoms with Crippen LogP contribution in [0.15, 0.2) is 42.5 Å². The SMILES string of the molecule is O=C(Cc1ccccc1[N+](=O)[O-])Nc1ccc(OC(F)F)c(Cl)c1. The minimum absolute atomic E-state index is 0.0983. The fourth-order valence-electron chi connectivity index (χ4n) is 1.99. The van der Waals surface area contributed by atoms with E-state index in [4.69, 9.17) is 11.6 Å². The molecule has 0 heterocycles. The molecule has 24 heavy (non-hydrogen) atoms. The van der Waals surface area contributed by atoms with Crippen molar-refractivity contribution in [3.63, 3.8) is 0 Å². The number of ether oxygens (including phenoxy) is 1. The molecule has 2 rings (SSSR count). The topological polar surface area (TPSA) is 81.5 Å². The van der Waals surface area contributed by atoms with Gasteiger partial charge in [0.2, 0.25) is 5.91 Å². The lowest BCUT2D eigenvalue weighted by Gasteiger charge is -2.09. The maximum Gasteiger partial charge on any atom is 0.387 e. The number of nitrogens with zero attached hydrogens (tertiary/aromatic N) is 1. The number of rotatable bonds is 6. The maximum atomic E-state index is 12.2. The molecule has 1 amide bonds. The zero-order chi connectivity index (χ0) is 17.7. The van der Waals surface area contributed by atoms with Crippen molar-refractivity contribution in [1.82, 2.24) is 0 Å². The van der Waals surface area contributed by atoms with Gasteiger partial charge in [0.1, 0.15) is 5.75 Å². The Bertz CT molecular complexity index is 771. The van der Waals surface area contributed by atoms with Crippen LogP contribution in [0.5, 0.6) is 5.75 Å². The van der Waals surface area contributed by atoms with Gasteiger partial charge in [-0.25, -0.2) is 0 Å². The van der Waals surface area contributed by atoms with Gasteiger partial charge in [0.15, 0.2) is 0 Å². The van der Waals surface area contributed by atoms with Crippen molar-refractivity contribution in [3.8, 4) is 5.75 Å². The predicted octanol–water partition coefficient (Wildman–Crippen LogP) is 4.03. The Balaban J connectivity index is 2.08. The second-order valence-corrected chi connectivity index (χ2v) is 5.04. The Morgan fingerprint density at radius 2 is 2.00 bits per heavy atom. The van der Waals surface area contributed by atoms with Gasteiger partial charge in [-0.1, -0.05) is 29.8 Å². The summed E-state index contributed by atoms with van der Waals surface area (Å²) in [5.41, 5.74) is 0.348. The molecule has 0 aliphatic rings. The van der Waals surface area contributed by atoms with Crippen molar-refractivity contribution in [1.29, 1.82) is 0 Å². The van der Waals surface area contributed by atoms with Crippen LogP contribution in [-0.4, -0.2) is 17.4 Å². The first-order chi connectivity index (χ1) is 11.4. The second-order valence-electron chi connectivity index (χ2n) is 4.63. The van der Waals surface area contributed by atoms with Crippen LogP contribution in [0.25, 0.3) is 0 Å². The number of amides is 1. The number of anilines is 1. The highest BCUT2D eigenvalue weighted by Gasteiger charge is 2.16. The van der Waals surface area contributed by atoms with Crippen LogP contribution in [0, 0.1) is 10.1 Å². The minimum atomic E-state index is -3.01. The third-order valence-corrected chi connectivity index (χ3v) is 3.27. The monoisotopic (exact) mass is 356 g/mol. The molecule has 6 nitrogen and oxygen atoms in total. The van der Waals surface area contributed by atoms with Gasteiger partial charge < -0.3 is 10.1 Å². The highest BCUT2D eigenvalue weighted by Crippen LogP contribution is 2.29. The van der Waals surface area contributed by atoms with Crippen LogP contribution in [0.3, 0.4) is 0 Å². The molecular weight excluding hydrogens is 346 g/mol. The average Bonchev–Trinajstić information content (AvgIpc) is 2.50. The normalized spacial score (nSPS) is 10.5. The summed E-state index contributed by atoms with van der Waals surface area (Å²) in [6, 6.07) is 9.64. The minimum Gasteiger partial charge on any atom is -0.433 e. The molecule has 2 aromatic carbocycles. The van der Waals surface area contributed by atoms with Crippen molar-refractivity contribution in [2.24, 2.45) is 0 Å². The molecule has 0 saturated carbocycles. The summed E-state index contributed by atoms with van der Waals surface area (Å²) in [6.45, 7) is -3.01. The summed E-state index contributed by atoms with van der Waals surface area (Å²) in [5.74, 6) is -0.730. The lowest BCUT2D eigenvalue weighted by molar-refractivity contribution is -0.385. The Labute approximate surface area is 140 Å². The second kappa shape index (κ2) is 7.69. The van der Waals surface area contributed by atoms with Crippen molar-refractivity contribution in [2.75, 3.05) is 5.32 Å². The van der Waals surface area contributed by atoms with Crippen LogP contribution in [0.4, 0.5) is 20.2 Å². The van der Waals surface area contributed by atoms with E-state index in [-0.39, 0.29) is 34.1 Å². The predicted molar refractivity (Wildman–Crippen MR) is 83.5 cm³/mol. The number of hydrogen-bond acceptors (Lipinski definition) is 4. The van der Waals surface area contributed by atoms with E-state index in [1.165, 1.54) is 36.4 Å². The number of carbonyl (C=O) groups is 1. The first-order valence-corrected chi connectivity index (χ1v) is 7.01. The van der Waals surface area contributed by atoms with E-state index in [1.807, 2.05) is 0 Å². The smallest absolute Gasteiger partial charge is 0.387 e. The molecular formula is C15H11ClF2N2O4. The molecule has 1 N–H and O–H groups in total. The summed E-state index contributed by atoms with van der Waals surface area (Å²) >= 11 is 5.78. The van der Waals surface area contributed by atoms with Gasteiger partial charge in [0.05, 0.1) is 16.4 Å². The van der Waals surface area contributed by atoms with Crippen LogP contribution in [0.2, 0.25) is 5.02 Å². The summed E-state index contributed by atoms with van der Waals surface area (Å²) in [6.07, 6.45) is -0.218. The van der Waals surface area contributed by atoms with E-state index in [0.717, 1.165) is 0 Å². The lowest BCUT2D eigenvalue weighted by Crippen LogP contribution is -2.15. The molecule has 0 spiro atoms. The zero-order valence-corrected chi connectivity index (χ0v) is 12.8. The van der Waals surface area contributed by atoms with Crippen LogP contribution < -0.4 is 10.1 Å². The summed E-state index contributed by atoms with van der Waals surface area (Å²) in [4.78, 5) is 22.3. The third-order valence-electron chi connectivity index (χ3n) is 2.97. The number of carbonyl (C=O) groups excluding carboxylic acids is 1. The van der Waals surface area contributed by atoms with Gasteiger partial charge in [-0.2, -0.15) is 8.78 Å². The Hall–Kier alpha value is -2.74. The van der Waals surface area contributed by atoms with Crippen LogP contribution >= 0.6 is 11.6 Å². The number of alkyl halides is 2. The van der Waals surface area contributed by atoms with Gasteiger partial charge in [0.25, 0.3) is 5.69 Å². The quantitative estimate of drug-likeness (QED) is 0.625. The van der Waals surface area contributed by atoms with E-state index in [1.54, 1.807) is 6.07 Å². The van der Waals surface area contributed by atoms with Crippen molar-refractivity contribution in [2.45, 2.75) is 13.0 Å². The van der Waals surface area contributed by atoms with E-state index >= 15 is 0 Å². The highest BCUT2D eigenvalue weighted by atomic mass is 35.5. The Morgan fingerprint density at radius 1 is 1.29 bits per heavy atom. The molecule has 126 valence electrons. The van der Waals surface area contributed by atoms with E-state index in [2.05, 4.69) is 10.1 Å². The van der Waals surface area contributed by atoms with E-state index in [9.17, 15) is 23.7 Å². The molecule has 0 saturated heterocycles. The summed E-state index contributed by atoms with van der Waals surface area (Å²) in [7, 11) is 0. The molecule has 0 radical (unpaired) electrons. The number of para-hydroxylation sites is 1. The van der Waals surface area contributed by atoms with Crippen LogP contribution in [-0.2, 0) is 11.2 Å². The highest BCUT2D eigenvalue weighted by molar-refractivity contribution is 6.32. The van der Waals surface area contributed by atoms with E-state index in [0.29, 0.717) is 0 Å². The number of hydrogen-bond donors (Lipinski definition) is 1. The molecule has 0 atom stereocenters. The molecule has 0 unspecified atom stereocenters. The Morgan fingerprint density at radius 3 is 2.62 bits per heavy atom. The number of nitro groups is 1. The largest absolute Gasteiger partial charge is 0.433 e. The van der Waals surface area contributed by atoms with Gasteiger partial charge in [-0.3, -0.25) is 14.9 Å². The van der Waals surface area contributed by atoms with Gasteiger partial charge in [0, 0.05) is 17.3 Å². The molecule has 0 bridgehead atoms. The lowest BCUT2D eigenvalue weighted by atomic mass is 10.1. The van der Waals surface area contributed by atoms with Gasteiger partial charge in [-0.05, 0) is 18.2 Å². The van der Waals surface area contributed by atoms with Gasteiger partial charge in [-0.15, -0.1) is 0 Å². The Kier molecular flexibility index (Phi) is 5.64. The number of halogens is 3. The zero-order valence-electron chi connectivity index (χ0n) is 12.0.